The third-order valence-corrected chi connectivity index (χ3v) is 3.96. The maximum atomic E-state index is 3.44. The summed E-state index contributed by atoms with van der Waals surface area (Å²) in [5.74, 6) is 1.63. The van der Waals surface area contributed by atoms with Crippen LogP contribution in [0.15, 0.2) is 0 Å². The Morgan fingerprint density at radius 1 is 1.24 bits per heavy atom. The van der Waals surface area contributed by atoms with E-state index in [1.807, 2.05) is 0 Å². The van der Waals surface area contributed by atoms with Crippen molar-refractivity contribution < 1.29 is 0 Å². The second kappa shape index (κ2) is 7.34. The molecule has 0 radical (unpaired) electrons. The highest BCUT2D eigenvalue weighted by molar-refractivity contribution is 4.79. The van der Waals surface area contributed by atoms with E-state index in [9.17, 15) is 0 Å². The van der Waals surface area contributed by atoms with Gasteiger partial charge in [0.05, 0.1) is 0 Å². The second-order valence-corrected chi connectivity index (χ2v) is 6.15. The summed E-state index contributed by atoms with van der Waals surface area (Å²) in [5.41, 5.74) is 0. The molecule has 1 rings (SSSR count). The predicted octanol–water partition coefficient (Wildman–Crippen LogP) is 1.50. The van der Waals surface area contributed by atoms with Crippen LogP contribution in [0.3, 0.4) is 0 Å². The molecule has 3 nitrogen and oxygen atoms in total. The maximum Gasteiger partial charge on any atom is 0.0214 e. The minimum atomic E-state index is 0.639. The van der Waals surface area contributed by atoms with Gasteiger partial charge in [0.15, 0.2) is 0 Å². The largest absolute Gasteiger partial charge is 0.315 e. The van der Waals surface area contributed by atoms with Gasteiger partial charge >= 0.3 is 0 Å². The van der Waals surface area contributed by atoms with Gasteiger partial charge in [-0.15, -0.1) is 0 Å². The molecule has 1 atom stereocenters. The van der Waals surface area contributed by atoms with E-state index in [0.29, 0.717) is 6.04 Å². The SMILES string of the molecule is CNC(CN1CCC(CN(C)C)CC1)C(C)C. The van der Waals surface area contributed by atoms with Crippen LogP contribution in [0.2, 0.25) is 0 Å². The summed E-state index contributed by atoms with van der Waals surface area (Å²) in [7, 11) is 6.45. The van der Waals surface area contributed by atoms with Gasteiger partial charge in [-0.25, -0.2) is 0 Å². The first-order chi connectivity index (χ1) is 8.02. The molecule has 1 fully saturated rings. The quantitative estimate of drug-likeness (QED) is 0.760. The molecule has 1 N–H and O–H groups in total. The van der Waals surface area contributed by atoms with Crippen LogP contribution in [0.4, 0.5) is 0 Å². The molecule has 1 heterocycles. The molecule has 3 heteroatoms. The van der Waals surface area contributed by atoms with Crippen molar-refractivity contribution in [2.45, 2.75) is 32.7 Å². The van der Waals surface area contributed by atoms with E-state index in [0.717, 1.165) is 11.8 Å². The monoisotopic (exact) mass is 241 g/mol. The number of likely N-dealkylation sites (tertiary alicyclic amines) is 1. The number of rotatable bonds is 6. The first-order valence-electron chi connectivity index (χ1n) is 7.07. The number of piperidine rings is 1. The van der Waals surface area contributed by atoms with E-state index in [1.54, 1.807) is 0 Å². The fraction of sp³-hybridized carbons (Fsp3) is 1.00. The van der Waals surface area contributed by atoms with Gasteiger partial charge in [0.2, 0.25) is 0 Å². The average Bonchev–Trinajstić information content (AvgIpc) is 2.26. The van der Waals surface area contributed by atoms with Crippen LogP contribution in [0, 0.1) is 11.8 Å². The standard InChI is InChI=1S/C14H31N3/c1-12(2)14(15-3)11-17-8-6-13(7-9-17)10-16(4)5/h12-15H,6-11H2,1-5H3. The summed E-state index contributed by atoms with van der Waals surface area (Å²) in [6.45, 7) is 9.64. The molecule has 17 heavy (non-hydrogen) atoms. The van der Waals surface area contributed by atoms with Crippen molar-refractivity contribution in [1.82, 2.24) is 15.1 Å². The Balaban J connectivity index is 2.27. The molecule has 0 aliphatic carbocycles. The fourth-order valence-electron chi connectivity index (χ4n) is 2.78. The van der Waals surface area contributed by atoms with Crippen molar-refractivity contribution in [1.29, 1.82) is 0 Å². The molecular formula is C14H31N3. The van der Waals surface area contributed by atoms with Gasteiger partial charge in [0, 0.05) is 19.1 Å². The molecule has 1 unspecified atom stereocenters. The number of hydrogen-bond donors (Lipinski definition) is 1. The Morgan fingerprint density at radius 2 is 1.82 bits per heavy atom. The average molecular weight is 241 g/mol. The van der Waals surface area contributed by atoms with Crippen molar-refractivity contribution in [3.8, 4) is 0 Å². The highest BCUT2D eigenvalue weighted by Crippen LogP contribution is 2.18. The molecule has 0 bridgehead atoms. The third kappa shape index (κ3) is 5.36. The van der Waals surface area contributed by atoms with Crippen LogP contribution in [-0.4, -0.2) is 63.2 Å². The molecular weight excluding hydrogens is 210 g/mol. The Labute approximate surface area is 108 Å². The Kier molecular flexibility index (Phi) is 6.45. The van der Waals surface area contributed by atoms with E-state index in [1.165, 1.54) is 39.0 Å². The minimum Gasteiger partial charge on any atom is -0.315 e. The van der Waals surface area contributed by atoms with E-state index in [2.05, 4.69) is 50.1 Å². The first-order valence-corrected chi connectivity index (χ1v) is 7.07. The van der Waals surface area contributed by atoms with Gasteiger partial charge in [-0.2, -0.15) is 0 Å². The molecule has 0 spiro atoms. The van der Waals surface area contributed by atoms with Gasteiger partial charge in [0.25, 0.3) is 0 Å². The molecule has 0 aromatic heterocycles. The van der Waals surface area contributed by atoms with Crippen LogP contribution in [-0.2, 0) is 0 Å². The lowest BCUT2D eigenvalue weighted by molar-refractivity contribution is 0.143. The fourth-order valence-corrected chi connectivity index (χ4v) is 2.78. The summed E-state index contributed by atoms with van der Waals surface area (Å²) >= 11 is 0. The van der Waals surface area contributed by atoms with Gasteiger partial charge in [-0.1, -0.05) is 13.8 Å². The van der Waals surface area contributed by atoms with Crippen molar-refractivity contribution >= 4 is 0 Å². The molecule has 0 aromatic carbocycles. The lowest BCUT2D eigenvalue weighted by atomic mass is 9.95. The van der Waals surface area contributed by atoms with Crippen LogP contribution in [0.1, 0.15) is 26.7 Å². The Bertz CT molecular complexity index is 196. The van der Waals surface area contributed by atoms with Crippen molar-refractivity contribution in [2.24, 2.45) is 11.8 Å². The van der Waals surface area contributed by atoms with Crippen molar-refractivity contribution in [3.05, 3.63) is 0 Å². The molecule has 1 aliphatic rings. The van der Waals surface area contributed by atoms with Crippen LogP contribution in [0.25, 0.3) is 0 Å². The normalized spacial score (nSPS) is 21.4. The number of hydrogen-bond acceptors (Lipinski definition) is 3. The zero-order valence-corrected chi connectivity index (χ0v) is 12.4. The summed E-state index contributed by atoms with van der Waals surface area (Å²) < 4.78 is 0. The molecule has 1 aliphatic heterocycles. The van der Waals surface area contributed by atoms with E-state index < -0.39 is 0 Å². The smallest absolute Gasteiger partial charge is 0.0214 e. The third-order valence-electron chi connectivity index (χ3n) is 3.96. The summed E-state index contributed by atoms with van der Waals surface area (Å²) in [6, 6.07) is 0.639. The number of nitrogens with zero attached hydrogens (tertiary/aromatic N) is 2. The maximum absolute atomic E-state index is 3.44. The van der Waals surface area contributed by atoms with Crippen molar-refractivity contribution in [3.63, 3.8) is 0 Å². The van der Waals surface area contributed by atoms with Crippen LogP contribution < -0.4 is 5.32 Å². The van der Waals surface area contributed by atoms with Gasteiger partial charge in [0.1, 0.15) is 0 Å². The zero-order valence-electron chi connectivity index (χ0n) is 12.4. The van der Waals surface area contributed by atoms with Gasteiger partial charge in [-0.3, -0.25) is 0 Å². The first kappa shape index (κ1) is 14.9. The highest BCUT2D eigenvalue weighted by Gasteiger charge is 2.22. The van der Waals surface area contributed by atoms with Crippen LogP contribution >= 0.6 is 0 Å². The summed E-state index contributed by atoms with van der Waals surface area (Å²) in [4.78, 5) is 4.96. The molecule has 0 aromatic rings. The molecule has 1 saturated heterocycles. The number of nitrogens with one attached hydrogen (secondary N) is 1. The second-order valence-electron chi connectivity index (χ2n) is 6.15. The van der Waals surface area contributed by atoms with E-state index in [4.69, 9.17) is 0 Å². The predicted molar refractivity (Wildman–Crippen MR) is 75.4 cm³/mol. The molecule has 102 valence electrons. The van der Waals surface area contributed by atoms with Gasteiger partial charge in [-0.05, 0) is 58.9 Å². The molecule has 0 amide bonds. The van der Waals surface area contributed by atoms with Crippen LogP contribution in [0.5, 0.6) is 0 Å². The zero-order chi connectivity index (χ0) is 12.8. The van der Waals surface area contributed by atoms with E-state index >= 15 is 0 Å². The van der Waals surface area contributed by atoms with E-state index in [-0.39, 0.29) is 0 Å². The molecule has 0 saturated carbocycles. The summed E-state index contributed by atoms with van der Waals surface area (Å²) in [6.07, 6.45) is 2.74. The highest BCUT2D eigenvalue weighted by atomic mass is 15.2. The van der Waals surface area contributed by atoms with Crippen molar-refractivity contribution in [2.75, 3.05) is 47.3 Å². The van der Waals surface area contributed by atoms with Gasteiger partial charge < -0.3 is 15.1 Å². The number of likely N-dealkylation sites (N-methyl/N-ethyl adjacent to an activating group) is 1. The summed E-state index contributed by atoms with van der Waals surface area (Å²) in [5, 5.41) is 3.44. The Hall–Kier alpha value is -0.120. The lowest BCUT2D eigenvalue weighted by Crippen LogP contribution is -2.46. The minimum absolute atomic E-state index is 0.639. The lowest BCUT2D eigenvalue weighted by Gasteiger charge is -2.36. The topological polar surface area (TPSA) is 18.5 Å². The Morgan fingerprint density at radius 3 is 2.24 bits per heavy atom.